The number of hydrogen-bond donors (Lipinski definition) is 0. The normalized spacial score (nSPS) is 32.5. The lowest BCUT2D eigenvalue weighted by Gasteiger charge is -2.18. The molecule has 78 valence electrons. The van der Waals surface area contributed by atoms with Crippen LogP contribution in [0.4, 0.5) is 0 Å². The van der Waals surface area contributed by atoms with Gasteiger partial charge in [-0.05, 0) is 13.3 Å². The van der Waals surface area contributed by atoms with Crippen molar-refractivity contribution in [2.75, 3.05) is 25.4 Å². The Morgan fingerprint density at radius 3 is 3.08 bits per heavy atom. The second kappa shape index (κ2) is 5.32. The maximum Gasteiger partial charge on any atom is 0.356 e. The van der Waals surface area contributed by atoms with E-state index in [1.165, 1.54) is 0 Å². The Morgan fingerprint density at radius 1 is 1.62 bits per heavy atom. The topological polar surface area (TPSA) is 44.8 Å². The van der Waals surface area contributed by atoms with Gasteiger partial charge in [-0.3, -0.25) is 4.57 Å². The van der Waals surface area contributed by atoms with Gasteiger partial charge in [-0.25, -0.2) is 0 Å². The monoisotopic (exact) mass is 228 g/mol. The lowest BCUT2D eigenvalue weighted by Crippen LogP contribution is -2.11. The molecule has 0 spiro atoms. The Morgan fingerprint density at radius 2 is 2.38 bits per heavy atom. The van der Waals surface area contributed by atoms with Gasteiger partial charge in [0.1, 0.15) is 6.35 Å². The minimum absolute atomic E-state index is 0.0359. The van der Waals surface area contributed by atoms with E-state index < -0.39 is 7.60 Å². The zero-order valence-electron chi connectivity index (χ0n) is 7.57. The molecule has 1 heterocycles. The molecule has 0 saturated carbocycles. The van der Waals surface area contributed by atoms with Crippen molar-refractivity contribution >= 4 is 19.2 Å². The summed E-state index contributed by atoms with van der Waals surface area (Å²) in [6.07, 6.45) is 0.519. The van der Waals surface area contributed by atoms with Crippen molar-refractivity contribution in [1.82, 2.24) is 0 Å². The fourth-order valence-electron chi connectivity index (χ4n) is 0.941. The SMILES string of the molecule is CC(CCl)OP1(=O)COCCCO1. The highest BCUT2D eigenvalue weighted by Gasteiger charge is 2.29. The van der Waals surface area contributed by atoms with Crippen LogP contribution in [0.25, 0.3) is 0 Å². The van der Waals surface area contributed by atoms with Crippen molar-refractivity contribution < 1.29 is 18.3 Å². The molecule has 6 heteroatoms. The van der Waals surface area contributed by atoms with Crippen molar-refractivity contribution in [3.8, 4) is 0 Å². The van der Waals surface area contributed by atoms with E-state index >= 15 is 0 Å². The van der Waals surface area contributed by atoms with E-state index in [9.17, 15) is 4.57 Å². The van der Waals surface area contributed by atoms with Crippen molar-refractivity contribution in [2.24, 2.45) is 0 Å². The highest BCUT2D eigenvalue weighted by atomic mass is 35.5. The maximum absolute atomic E-state index is 11.8. The molecule has 1 saturated heterocycles. The van der Waals surface area contributed by atoms with Crippen molar-refractivity contribution in [3.63, 3.8) is 0 Å². The van der Waals surface area contributed by atoms with Crippen molar-refractivity contribution in [2.45, 2.75) is 19.4 Å². The number of alkyl halides is 1. The smallest absolute Gasteiger partial charge is 0.356 e. The summed E-state index contributed by atoms with van der Waals surface area (Å²) in [5, 5.41) is 0. The Labute approximate surface area is 83.0 Å². The summed E-state index contributed by atoms with van der Waals surface area (Å²) < 4.78 is 27.2. The van der Waals surface area contributed by atoms with Gasteiger partial charge in [0.2, 0.25) is 0 Å². The Balaban J connectivity index is 2.47. The van der Waals surface area contributed by atoms with E-state index in [0.717, 1.165) is 6.42 Å². The number of halogens is 1. The summed E-state index contributed by atoms with van der Waals surface area (Å²) in [6.45, 7) is 2.75. The lowest BCUT2D eigenvalue weighted by atomic mass is 10.5. The van der Waals surface area contributed by atoms with E-state index in [0.29, 0.717) is 19.1 Å². The summed E-state index contributed by atoms with van der Waals surface area (Å²) in [4.78, 5) is 0. The quantitative estimate of drug-likeness (QED) is 0.549. The molecule has 0 aromatic carbocycles. The Bertz CT molecular complexity index is 187. The zero-order valence-corrected chi connectivity index (χ0v) is 9.22. The van der Waals surface area contributed by atoms with Gasteiger partial charge in [-0.15, -0.1) is 11.6 Å². The maximum atomic E-state index is 11.8. The Kier molecular flexibility index (Phi) is 4.70. The van der Waals surface area contributed by atoms with Crippen LogP contribution in [0.15, 0.2) is 0 Å². The van der Waals surface area contributed by atoms with Crippen molar-refractivity contribution in [1.29, 1.82) is 0 Å². The van der Waals surface area contributed by atoms with Crippen LogP contribution in [0.3, 0.4) is 0 Å². The highest BCUT2D eigenvalue weighted by molar-refractivity contribution is 7.53. The molecular weight excluding hydrogens is 214 g/mol. The molecule has 13 heavy (non-hydrogen) atoms. The number of rotatable bonds is 3. The summed E-state index contributed by atoms with van der Waals surface area (Å²) in [7, 11) is -3.04. The first-order valence-corrected chi connectivity index (χ1v) is 6.48. The van der Waals surface area contributed by atoms with Crippen LogP contribution < -0.4 is 0 Å². The molecule has 0 aromatic rings. The molecule has 0 amide bonds. The third-order valence-corrected chi connectivity index (χ3v) is 3.72. The van der Waals surface area contributed by atoms with Crippen LogP contribution in [0.5, 0.6) is 0 Å². The van der Waals surface area contributed by atoms with Gasteiger partial charge in [-0.2, -0.15) is 0 Å². The third kappa shape index (κ3) is 3.96. The Hall–Kier alpha value is 0.400. The van der Waals surface area contributed by atoms with Gasteiger partial charge < -0.3 is 13.8 Å². The zero-order chi connectivity index (χ0) is 9.73. The number of ether oxygens (including phenoxy) is 1. The first-order chi connectivity index (χ1) is 6.16. The second-order valence-electron chi connectivity index (χ2n) is 2.91. The van der Waals surface area contributed by atoms with E-state index in [1.54, 1.807) is 6.92 Å². The van der Waals surface area contributed by atoms with Crippen LogP contribution in [-0.2, 0) is 18.3 Å². The molecule has 0 aliphatic carbocycles. The average molecular weight is 229 g/mol. The van der Waals surface area contributed by atoms with Gasteiger partial charge in [0.05, 0.1) is 12.7 Å². The van der Waals surface area contributed by atoms with Crippen LogP contribution in [0.1, 0.15) is 13.3 Å². The average Bonchev–Trinajstić information content (AvgIpc) is 2.30. The molecule has 1 rings (SSSR count). The molecule has 1 aliphatic rings. The third-order valence-electron chi connectivity index (χ3n) is 1.53. The van der Waals surface area contributed by atoms with Crippen LogP contribution in [0, 0.1) is 0 Å². The lowest BCUT2D eigenvalue weighted by molar-refractivity contribution is 0.148. The van der Waals surface area contributed by atoms with E-state index in [-0.39, 0.29) is 12.5 Å². The van der Waals surface area contributed by atoms with Crippen LogP contribution in [0.2, 0.25) is 0 Å². The fraction of sp³-hybridized carbons (Fsp3) is 1.00. The molecule has 0 radical (unpaired) electrons. The molecule has 0 bridgehead atoms. The van der Waals surface area contributed by atoms with Crippen LogP contribution in [-0.4, -0.2) is 31.5 Å². The minimum atomic E-state index is -3.04. The van der Waals surface area contributed by atoms with Gasteiger partial charge in [0.15, 0.2) is 0 Å². The van der Waals surface area contributed by atoms with E-state index in [4.69, 9.17) is 25.4 Å². The summed E-state index contributed by atoms with van der Waals surface area (Å²) in [6, 6.07) is 0. The molecule has 0 aromatic heterocycles. The second-order valence-corrected chi connectivity index (χ2v) is 5.16. The standard InChI is InChI=1S/C7H14ClO4P/c1-7(5-8)12-13(9)6-10-3-2-4-11-13/h7H,2-6H2,1H3. The summed E-state index contributed by atoms with van der Waals surface area (Å²) in [5.41, 5.74) is 0. The summed E-state index contributed by atoms with van der Waals surface area (Å²) in [5.74, 6) is 0.299. The van der Waals surface area contributed by atoms with E-state index in [1.807, 2.05) is 0 Å². The van der Waals surface area contributed by atoms with Crippen LogP contribution >= 0.6 is 19.2 Å². The molecule has 2 atom stereocenters. The first kappa shape index (κ1) is 11.5. The fourth-order valence-corrected chi connectivity index (χ4v) is 2.67. The van der Waals surface area contributed by atoms with Gasteiger partial charge in [0, 0.05) is 12.5 Å². The molecule has 1 fully saturated rings. The first-order valence-electron chi connectivity index (χ1n) is 4.22. The summed E-state index contributed by atoms with van der Waals surface area (Å²) >= 11 is 5.53. The highest BCUT2D eigenvalue weighted by Crippen LogP contribution is 2.50. The number of hydrogen-bond acceptors (Lipinski definition) is 4. The minimum Gasteiger partial charge on any atom is -0.369 e. The largest absolute Gasteiger partial charge is 0.369 e. The van der Waals surface area contributed by atoms with Gasteiger partial charge in [0.25, 0.3) is 0 Å². The predicted molar refractivity (Wildman–Crippen MR) is 50.3 cm³/mol. The molecule has 0 N–H and O–H groups in total. The molecule has 4 nitrogen and oxygen atoms in total. The van der Waals surface area contributed by atoms with E-state index in [2.05, 4.69) is 0 Å². The molecule has 2 unspecified atom stereocenters. The predicted octanol–water partition coefficient (Wildman–Crippen LogP) is 2.22. The van der Waals surface area contributed by atoms with Crippen molar-refractivity contribution in [3.05, 3.63) is 0 Å². The van der Waals surface area contributed by atoms with Gasteiger partial charge >= 0.3 is 7.60 Å². The van der Waals surface area contributed by atoms with Gasteiger partial charge in [-0.1, -0.05) is 0 Å². The molecule has 1 aliphatic heterocycles. The molecular formula is C7H14ClO4P.